The molecule has 0 aliphatic rings. The maximum absolute atomic E-state index is 6.31. The fraction of sp³-hybridized carbons (Fsp3) is 0.286. The summed E-state index contributed by atoms with van der Waals surface area (Å²) >= 11 is 8.70. The number of hydrogen-bond donors (Lipinski definition) is 1. The van der Waals surface area contributed by atoms with Gasteiger partial charge in [0.15, 0.2) is 0 Å². The lowest BCUT2D eigenvalue weighted by Crippen LogP contribution is -2.11. The van der Waals surface area contributed by atoms with Gasteiger partial charge >= 0.3 is 0 Å². The summed E-state index contributed by atoms with van der Waals surface area (Å²) in [7, 11) is 0. The smallest absolute Gasteiger partial charge is 0.0761 e. The molecule has 0 spiro atoms. The first-order valence-electron chi connectivity index (χ1n) is 5.79. The molecule has 2 rings (SSSR count). The summed E-state index contributed by atoms with van der Waals surface area (Å²) in [4.78, 5) is 0. The van der Waals surface area contributed by atoms with Crippen molar-refractivity contribution in [1.82, 2.24) is 0 Å². The molecule has 0 radical (unpaired) electrons. The summed E-state index contributed by atoms with van der Waals surface area (Å²) in [6.45, 7) is 4.39. The van der Waals surface area contributed by atoms with Crippen molar-refractivity contribution in [2.45, 2.75) is 25.8 Å². The van der Waals surface area contributed by atoms with Crippen molar-refractivity contribution in [2.24, 2.45) is 5.73 Å². The van der Waals surface area contributed by atoms with Crippen LogP contribution in [0.25, 0.3) is 0 Å². The van der Waals surface area contributed by atoms with Gasteiger partial charge in [0.05, 0.1) is 13.6 Å². The largest absolute Gasteiger partial charge is 0.320 e. The third kappa shape index (κ3) is 3.05. The van der Waals surface area contributed by atoms with Crippen LogP contribution in [0.3, 0.4) is 0 Å². The van der Waals surface area contributed by atoms with Crippen LogP contribution in [0.1, 0.15) is 42.5 Å². The third-order valence-corrected chi connectivity index (χ3v) is 5.37. The second-order valence-electron chi connectivity index (χ2n) is 4.58. The summed E-state index contributed by atoms with van der Waals surface area (Å²) in [5, 5.41) is 0. The fourth-order valence-corrected chi connectivity index (χ4v) is 4.76. The highest BCUT2D eigenvalue weighted by Gasteiger charge is 2.15. The van der Waals surface area contributed by atoms with Gasteiger partial charge in [0.1, 0.15) is 0 Å². The Labute approximate surface area is 129 Å². The Morgan fingerprint density at radius 1 is 1.06 bits per heavy atom. The highest BCUT2D eigenvalue weighted by atomic mass is 79.9. The van der Waals surface area contributed by atoms with Crippen LogP contribution in [0.15, 0.2) is 37.9 Å². The molecule has 4 heteroatoms. The van der Waals surface area contributed by atoms with Crippen molar-refractivity contribution >= 4 is 43.2 Å². The zero-order valence-corrected chi connectivity index (χ0v) is 14.3. The Bertz CT molecular complexity index is 531. The van der Waals surface area contributed by atoms with Crippen LogP contribution in [0.5, 0.6) is 0 Å². The number of hydrogen-bond acceptors (Lipinski definition) is 2. The fourth-order valence-electron chi connectivity index (χ4n) is 1.83. The van der Waals surface area contributed by atoms with Gasteiger partial charge in [0, 0.05) is 0 Å². The van der Waals surface area contributed by atoms with Gasteiger partial charge in [-0.2, -0.15) is 0 Å². The van der Waals surface area contributed by atoms with E-state index in [0.29, 0.717) is 5.92 Å². The summed E-state index contributed by atoms with van der Waals surface area (Å²) < 4.78 is 2.19. The molecule has 0 bridgehead atoms. The van der Waals surface area contributed by atoms with Crippen molar-refractivity contribution in [3.8, 4) is 0 Å². The first-order valence-corrected chi connectivity index (χ1v) is 8.19. The minimum absolute atomic E-state index is 0.0804. The van der Waals surface area contributed by atoms with Crippen LogP contribution in [0.2, 0.25) is 0 Å². The molecule has 0 saturated heterocycles. The van der Waals surface area contributed by atoms with Gasteiger partial charge in [0.25, 0.3) is 0 Å². The Hall–Kier alpha value is -0.160. The average molecular weight is 389 g/mol. The number of benzene rings is 1. The molecule has 2 aromatic rings. The van der Waals surface area contributed by atoms with E-state index in [-0.39, 0.29) is 6.04 Å². The van der Waals surface area contributed by atoms with Crippen molar-refractivity contribution in [3.63, 3.8) is 0 Å². The average Bonchev–Trinajstić information content (AvgIpc) is 2.67. The molecule has 1 aromatic carbocycles. The van der Waals surface area contributed by atoms with Gasteiger partial charge < -0.3 is 5.73 Å². The maximum atomic E-state index is 6.31. The SMILES string of the molecule is CC(C)c1ccc(C(N)c2cc(Br)sc2Br)cc1. The minimum Gasteiger partial charge on any atom is -0.320 e. The number of halogens is 2. The van der Waals surface area contributed by atoms with E-state index in [1.54, 1.807) is 11.3 Å². The van der Waals surface area contributed by atoms with Crippen molar-refractivity contribution < 1.29 is 0 Å². The van der Waals surface area contributed by atoms with Gasteiger partial charge in [-0.05, 0) is 60.5 Å². The van der Waals surface area contributed by atoms with Crippen molar-refractivity contribution in [1.29, 1.82) is 0 Å². The van der Waals surface area contributed by atoms with Gasteiger partial charge in [0.2, 0.25) is 0 Å². The summed E-state index contributed by atoms with van der Waals surface area (Å²) in [5.74, 6) is 0.553. The molecule has 1 aromatic heterocycles. The van der Waals surface area contributed by atoms with Gasteiger partial charge in [-0.25, -0.2) is 0 Å². The lowest BCUT2D eigenvalue weighted by Gasteiger charge is -2.13. The molecule has 1 heterocycles. The van der Waals surface area contributed by atoms with Gasteiger partial charge in [-0.1, -0.05) is 38.1 Å². The molecular formula is C14H15Br2NS. The predicted molar refractivity (Wildman–Crippen MR) is 86.3 cm³/mol. The molecule has 0 aliphatic carbocycles. The molecule has 0 fully saturated rings. The molecule has 0 aliphatic heterocycles. The van der Waals surface area contributed by atoms with Crippen molar-refractivity contribution in [3.05, 3.63) is 54.6 Å². The molecule has 1 nitrogen and oxygen atoms in total. The predicted octanol–water partition coefficient (Wildman–Crippen LogP) is 5.44. The minimum atomic E-state index is -0.0804. The van der Waals surface area contributed by atoms with E-state index >= 15 is 0 Å². The Kier molecular flexibility index (Phi) is 4.64. The second-order valence-corrected chi connectivity index (χ2v) is 8.33. The molecule has 1 unspecified atom stereocenters. The molecule has 2 N–H and O–H groups in total. The van der Waals surface area contributed by atoms with Crippen LogP contribution in [0.4, 0.5) is 0 Å². The van der Waals surface area contributed by atoms with E-state index < -0.39 is 0 Å². The molecule has 18 heavy (non-hydrogen) atoms. The first kappa shape index (κ1) is 14.3. The van der Waals surface area contributed by atoms with E-state index in [1.807, 2.05) is 0 Å². The zero-order chi connectivity index (χ0) is 13.3. The van der Waals surface area contributed by atoms with E-state index in [1.165, 1.54) is 5.56 Å². The highest BCUT2D eigenvalue weighted by molar-refractivity contribution is 9.12. The van der Waals surface area contributed by atoms with E-state index in [2.05, 4.69) is 76.0 Å². The van der Waals surface area contributed by atoms with E-state index in [4.69, 9.17) is 5.73 Å². The van der Waals surface area contributed by atoms with Crippen LogP contribution in [-0.2, 0) is 0 Å². The van der Waals surface area contributed by atoms with Crippen LogP contribution < -0.4 is 5.73 Å². The lowest BCUT2D eigenvalue weighted by molar-refractivity contribution is 0.848. The summed E-state index contributed by atoms with van der Waals surface area (Å²) in [5.41, 5.74) is 9.93. The lowest BCUT2D eigenvalue weighted by atomic mass is 9.97. The number of rotatable bonds is 3. The topological polar surface area (TPSA) is 26.0 Å². The molecule has 96 valence electrons. The summed E-state index contributed by atoms with van der Waals surface area (Å²) in [6.07, 6.45) is 0. The van der Waals surface area contributed by atoms with Crippen LogP contribution >= 0.6 is 43.2 Å². The van der Waals surface area contributed by atoms with Crippen LogP contribution in [0, 0.1) is 0 Å². The molecular weight excluding hydrogens is 374 g/mol. The number of thiophene rings is 1. The standard InChI is InChI=1S/C14H15Br2NS/c1-8(2)9-3-5-10(6-4-9)13(17)11-7-12(15)18-14(11)16/h3-8,13H,17H2,1-2H3. The van der Waals surface area contributed by atoms with Gasteiger partial charge in [-0.3, -0.25) is 0 Å². The van der Waals surface area contributed by atoms with E-state index in [9.17, 15) is 0 Å². The zero-order valence-electron chi connectivity index (χ0n) is 10.3. The molecule has 0 saturated carbocycles. The molecule has 1 atom stereocenters. The van der Waals surface area contributed by atoms with E-state index in [0.717, 1.165) is 18.7 Å². The quantitative estimate of drug-likeness (QED) is 0.743. The second kappa shape index (κ2) is 5.87. The van der Waals surface area contributed by atoms with Crippen molar-refractivity contribution in [2.75, 3.05) is 0 Å². The monoisotopic (exact) mass is 387 g/mol. The normalized spacial score (nSPS) is 13.0. The maximum Gasteiger partial charge on any atom is 0.0761 e. The highest BCUT2D eigenvalue weighted by Crippen LogP contribution is 2.37. The van der Waals surface area contributed by atoms with Gasteiger partial charge in [-0.15, -0.1) is 11.3 Å². The number of nitrogens with two attached hydrogens (primary N) is 1. The Balaban J connectivity index is 2.28. The first-order chi connectivity index (χ1) is 8.49. The summed E-state index contributed by atoms with van der Waals surface area (Å²) in [6, 6.07) is 10.6. The third-order valence-electron chi connectivity index (χ3n) is 2.98. The Morgan fingerprint density at radius 3 is 2.06 bits per heavy atom. The Morgan fingerprint density at radius 2 is 1.61 bits per heavy atom. The molecule has 0 amide bonds. The van der Waals surface area contributed by atoms with Crippen LogP contribution in [-0.4, -0.2) is 0 Å².